The Hall–Kier alpha value is -6.01. The van der Waals surface area contributed by atoms with Crippen LogP contribution >= 0.6 is 0 Å². The Kier molecular flexibility index (Phi) is 5.96. The van der Waals surface area contributed by atoms with Crippen LogP contribution in [0.25, 0.3) is 44.5 Å². The number of ether oxygens (including phenoxy) is 4. The largest absolute Gasteiger partial charge is 0.462 e. The van der Waals surface area contributed by atoms with Crippen LogP contribution in [0.15, 0.2) is 140 Å². The molecule has 2 fully saturated rings. The molecule has 0 aliphatic carbocycles. The van der Waals surface area contributed by atoms with Gasteiger partial charge in [-0.3, -0.25) is 0 Å². The van der Waals surface area contributed by atoms with Gasteiger partial charge in [-0.15, -0.1) is 0 Å². The molecule has 4 unspecified atom stereocenters. The van der Waals surface area contributed by atoms with Gasteiger partial charge in [0, 0.05) is 17.1 Å². The van der Waals surface area contributed by atoms with E-state index in [1.165, 1.54) is 94.3 Å². The van der Waals surface area contributed by atoms with Crippen molar-refractivity contribution >= 4 is 63.3 Å². The van der Waals surface area contributed by atoms with Gasteiger partial charge >= 0.3 is 0 Å². The molecule has 55 heavy (non-hydrogen) atoms. The second-order valence-electron chi connectivity index (χ2n) is 15.8. The van der Waals surface area contributed by atoms with Gasteiger partial charge in [-0.2, -0.15) is 0 Å². The minimum Gasteiger partial charge on any atom is -0.462 e. The van der Waals surface area contributed by atoms with Crippen molar-refractivity contribution in [3.8, 4) is 56.0 Å². The number of para-hydroxylation sites is 1. The standard InChI is InChI=1S/C48H33B2NO4/c1-26-47(52-26)54-32-18-12-28(13-19-32)30-16-22-38-36(24-30)34-6-3-10-42-44(34)49(38)40-8-5-9-41-46(40)51(42)43-11-4-7-35-37-25-31(17-23-39(37)50(41)45(35)43)29-14-20-33(21-15-29)55-48-27(2)53-48/h3-27,47-48H,1-2H3. The summed E-state index contributed by atoms with van der Waals surface area (Å²) in [6.45, 7) is 4.41. The van der Waals surface area contributed by atoms with Crippen LogP contribution in [0.3, 0.4) is 0 Å². The molecule has 0 bridgehead atoms. The Bertz CT molecular complexity index is 2610. The molecule has 5 nitrogen and oxygen atoms in total. The SMILES string of the molecule is CC1OC1Oc1ccc(-c2ccc3c(c2)-c2cccc4c2B3c2cccc3c2N4c2cccc4c2B3c2ccc(-c3ccc(OC5OC5C)cc3)cc2-4)cc1. The maximum absolute atomic E-state index is 5.94. The number of anilines is 3. The fraction of sp³-hybridized carbons (Fsp3) is 0.125. The van der Waals surface area contributed by atoms with Crippen molar-refractivity contribution in [3.05, 3.63) is 140 Å². The van der Waals surface area contributed by atoms with Crippen LogP contribution < -0.4 is 47.2 Å². The lowest BCUT2D eigenvalue weighted by Crippen LogP contribution is -2.62. The number of nitrogens with zero attached hydrogens (tertiary/aromatic N) is 1. The Balaban J connectivity index is 0.918. The van der Waals surface area contributed by atoms with Gasteiger partial charge in [0.15, 0.2) is 0 Å². The number of benzene rings is 7. The van der Waals surface area contributed by atoms with Crippen molar-refractivity contribution in [2.24, 2.45) is 0 Å². The third-order valence-electron chi connectivity index (χ3n) is 12.7. The summed E-state index contributed by atoms with van der Waals surface area (Å²) < 4.78 is 22.8. The van der Waals surface area contributed by atoms with Gasteiger partial charge in [0.05, 0.1) is 0 Å². The molecule has 6 aliphatic heterocycles. The summed E-state index contributed by atoms with van der Waals surface area (Å²) in [4.78, 5) is 2.58. The zero-order chi connectivity index (χ0) is 36.1. The van der Waals surface area contributed by atoms with E-state index in [4.69, 9.17) is 18.9 Å². The van der Waals surface area contributed by atoms with Crippen LogP contribution in [0, 0.1) is 0 Å². The molecule has 0 radical (unpaired) electrons. The Morgan fingerprint density at radius 2 is 0.873 bits per heavy atom. The van der Waals surface area contributed by atoms with Crippen molar-refractivity contribution in [3.63, 3.8) is 0 Å². The molecular formula is C48H33B2NO4. The molecule has 0 amide bonds. The van der Waals surface area contributed by atoms with Crippen LogP contribution in [-0.2, 0) is 9.47 Å². The first-order valence-corrected chi connectivity index (χ1v) is 19.4. The molecule has 7 aromatic carbocycles. The minimum atomic E-state index is -0.130. The molecule has 13 rings (SSSR count). The Morgan fingerprint density at radius 1 is 0.455 bits per heavy atom. The van der Waals surface area contributed by atoms with Crippen LogP contribution in [0.4, 0.5) is 17.1 Å². The highest BCUT2D eigenvalue weighted by atomic mass is 16.8. The first-order valence-electron chi connectivity index (χ1n) is 19.4. The third-order valence-corrected chi connectivity index (χ3v) is 12.7. The van der Waals surface area contributed by atoms with Crippen LogP contribution in [0.1, 0.15) is 13.8 Å². The molecule has 0 aromatic heterocycles. The number of epoxide rings is 2. The normalized spacial score (nSPS) is 20.7. The molecule has 7 heteroatoms. The lowest BCUT2D eigenvalue weighted by Gasteiger charge is -2.42. The van der Waals surface area contributed by atoms with E-state index < -0.39 is 0 Å². The smallest absolute Gasteiger partial charge is 0.248 e. The van der Waals surface area contributed by atoms with E-state index in [0.717, 1.165) is 11.5 Å². The average Bonchev–Trinajstić information content (AvgIpc) is 4.04. The van der Waals surface area contributed by atoms with E-state index in [9.17, 15) is 0 Å². The van der Waals surface area contributed by atoms with E-state index in [1.54, 1.807) is 0 Å². The number of rotatable bonds is 6. The summed E-state index contributed by atoms with van der Waals surface area (Å²) in [5, 5.41) is 0. The first-order chi connectivity index (χ1) is 27.1. The molecular weight excluding hydrogens is 676 g/mol. The highest BCUT2D eigenvalue weighted by molar-refractivity contribution is 7.05. The summed E-state index contributed by atoms with van der Waals surface area (Å²) in [6.07, 6.45) is 0.0627. The van der Waals surface area contributed by atoms with Gasteiger partial charge in [0.25, 0.3) is 0 Å². The van der Waals surface area contributed by atoms with E-state index in [2.05, 4.69) is 144 Å². The van der Waals surface area contributed by atoms with Gasteiger partial charge in [-0.05, 0) is 129 Å². The van der Waals surface area contributed by atoms with Crippen molar-refractivity contribution < 1.29 is 18.9 Å². The predicted molar refractivity (Wildman–Crippen MR) is 222 cm³/mol. The van der Waals surface area contributed by atoms with Crippen LogP contribution in [0.5, 0.6) is 11.5 Å². The van der Waals surface area contributed by atoms with Crippen molar-refractivity contribution in [1.82, 2.24) is 0 Å². The third kappa shape index (κ3) is 4.28. The van der Waals surface area contributed by atoms with Crippen LogP contribution in [0.2, 0.25) is 0 Å². The molecule has 0 saturated carbocycles. The second-order valence-corrected chi connectivity index (χ2v) is 15.8. The lowest BCUT2D eigenvalue weighted by atomic mass is 9.32. The molecule has 2 saturated heterocycles. The molecule has 0 spiro atoms. The molecule has 6 aliphatic rings. The predicted octanol–water partition coefficient (Wildman–Crippen LogP) is 6.36. The van der Waals surface area contributed by atoms with E-state index >= 15 is 0 Å². The summed E-state index contributed by atoms with van der Waals surface area (Å²) in [5.41, 5.74) is 22.3. The molecule has 7 aromatic rings. The zero-order valence-electron chi connectivity index (χ0n) is 30.3. The Morgan fingerprint density at radius 3 is 1.31 bits per heavy atom. The maximum Gasteiger partial charge on any atom is 0.248 e. The molecule has 6 heterocycles. The lowest BCUT2D eigenvalue weighted by molar-refractivity contribution is 0.178. The summed E-state index contributed by atoms with van der Waals surface area (Å²) >= 11 is 0. The van der Waals surface area contributed by atoms with E-state index in [-0.39, 0.29) is 38.2 Å². The van der Waals surface area contributed by atoms with Gasteiger partial charge in [0.1, 0.15) is 23.7 Å². The molecule has 0 N–H and O–H groups in total. The Labute approximate surface area is 320 Å². The van der Waals surface area contributed by atoms with Gasteiger partial charge in [-0.25, -0.2) is 0 Å². The topological polar surface area (TPSA) is 46.8 Å². The maximum atomic E-state index is 5.94. The fourth-order valence-electron chi connectivity index (χ4n) is 9.95. The number of hydrogen-bond acceptors (Lipinski definition) is 5. The van der Waals surface area contributed by atoms with Crippen molar-refractivity contribution in [2.45, 2.75) is 38.6 Å². The van der Waals surface area contributed by atoms with Gasteiger partial charge < -0.3 is 23.8 Å². The van der Waals surface area contributed by atoms with Crippen molar-refractivity contribution in [1.29, 1.82) is 0 Å². The van der Waals surface area contributed by atoms with E-state index in [0.29, 0.717) is 0 Å². The zero-order valence-corrected chi connectivity index (χ0v) is 30.3. The molecule has 4 atom stereocenters. The first kappa shape index (κ1) is 30.3. The average molecular weight is 709 g/mol. The number of fused-ring (bicyclic) bond motifs is 10. The summed E-state index contributed by atoms with van der Waals surface area (Å²) in [6, 6.07) is 51.8. The van der Waals surface area contributed by atoms with Gasteiger partial charge in [0.2, 0.25) is 26.0 Å². The van der Waals surface area contributed by atoms with Crippen LogP contribution in [-0.4, -0.2) is 38.2 Å². The minimum absolute atomic E-state index is 0.130. The molecule has 260 valence electrons. The number of hydrogen-bond donors (Lipinski definition) is 0. The summed E-state index contributed by atoms with van der Waals surface area (Å²) in [5.74, 6) is 1.68. The van der Waals surface area contributed by atoms with Gasteiger partial charge in [-0.1, -0.05) is 102 Å². The fourth-order valence-corrected chi connectivity index (χ4v) is 9.95. The quantitative estimate of drug-likeness (QED) is 0.149. The van der Waals surface area contributed by atoms with E-state index in [1.807, 2.05) is 13.8 Å². The van der Waals surface area contributed by atoms with Crippen molar-refractivity contribution in [2.75, 3.05) is 4.90 Å². The monoisotopic (exact) mass is 709 g/mol. The highest BCUT2D eigenvalue weighted by Gasteiger charge is 2.49. The highest BCUT2D eigenvalue weighted by Crippen LogP contribution is 2.44. The second kappa shape index (κ2) is 10.8. The summed E-state index contributed by atoms with van der Waals surface area (Å²) in [7, 11) is 0.